The Morgan fingerprint density at radius 2 is 1.65 bits per heavy atom. The van der Waals surface area contributed by atoms with Gasteiger partial charge in [-0.1, -0.05) is 59.4 Å². The molecule has 5 aliphatic rings. The molecule has 2 heterocycles. The van der Waals surface area contributed by atoms with E-state index in [1.807, 2.05) is 20.8 Å². The molecule has 0 aromatic heterocycles. The number of esters is 4. The smallest absolute Gasteiger partial charge is 0.407 e. The van der Waals surface area contributed by atoms with E-state index >= 15 is 0 Å². The lowest BCUT2D eigenvalue weighted by molar-refractivity contribution is -0.405. The third kappa shape index (κ3) is 8.28. The van der Waals surface area contributed by atoms with E-state index in [1.54, 1.807) is 71.9 Å². The molecule has 8 unspecified atom stereocenters. The van der Waals surface area contributed by atoms with E-state index in [0.717, 1.165) is 0 Å². The summed E-state index contributed by atoms with van der Waals surface area (Å²) in [5.74, 6) is -4.57. The molecule has 0 spiro atoms. The molecule has 16 heteroatoms. The summed E-state index contributed by atoms with van der Waals surface area (Å²) in [6.07, 6.45) is -9.36. The number of ether oxygens (including phenoxy) is 8. The normalized spacial score (nSPS) is 35.5. The molecule has 0 radical (unpaired) electrons. The van der Waals surface area contributed by atoms with Crippen LogP contribution in [0.1, 0.15) is 106 Å². The van der Waals surface area contributed by atoms with Gasteiger partial charge in [0.1, 0.15) is 35.6 Å². The first-order valence-corrected chi connectivity index (χ1v) is 21.3. The van der Waals surface area contributed by atoms with Crippen molar-refractivity contribution in [2.24, 2.45) is 22.7 Å². The summed E-state index contributed by atoms with van der Waals surface area (Å²) in [5.41, 5.74) is -6.65. The van der Waals surface area contributed by atoms with Gasteiger partial charge in [0.2, 0.25) is 0 Å². The fourth-order valence-electron chi connectivity index (χ4n) is 10.7. The number of rotatable bonds is 11. The molecule has 62 heavy (non-hydrogen) atoms. The first-order chi connectivity index (χ1) is 28.8. The second kappa shape index (κ2) is 17.0. The third-order valence-electron chi connectivity index (χ3n) is 13.4. The second-order valence-electron chi connectivity index (χ2n) is 19.5. The number of benzene rings is 1. The standard InChI is InChI=1S/C46H63NO15/c1-13-32-58-30-20-31-45(22-55-31,61-26(6)49)36-38(60-39(51)27-17-15-14-16-18-27)46(54)21-29(57-40(52)34(50)28(19-23(2)3)47-41(53)62-42(7,8)9)24(4)33(43(46,10)11)35(56-25(5)48)37(59-32)44(30,36)12/h13-18,23,28-32,34-38,50,54H,1,19-22H2,2-12H3,(H,47,53)/t28-,29-,30?,31?,32?,34?,35-,36?,37-,38?,44?,45-,46?/m0/s1. The van der Waals surface area contributed by atoms with Crippen LogP contribution >= 0.6 is 0 Å². The molecule has 3 N–H and O–H groups in total. The summed E-state index contributed by atoms with van der Waals surface area (Å²) < 4.78 is 50.2. The van der Waals surface area contributed by atoms with Gasteiger partial charge in [-0.15, -0.1) is 0 Å². The summed E-state index contributed by atoms with van der Waals surface area (Å²) in [6.45, 7) is 21.9. The number of hydrogen-bond donors (Lipinski definition) is 3. The van der Waals surface area contributed by atoms with Crippen LogP contribution in [0.3, 0.4) is 0 Å². The summed E-state index contributed by atoms with van der Waals surface area (Å²) in [4.78, 5) is 68.1. The zero-order valence-corrected chi connectivity index (χ0v) is 37.6. The van der Waals surface area contributed by atoms with Gasteiger partial charge in [0.05, 0.1) is 30.2 Å². The molecule has 342 valence electrons. The maximum Gasteiger partial charge on any atom is 0.407 e. The third-order valence-corrected chi connectivity index (χ3v) is 13.4. The number of hydrogen-bond acceptors (Lipinski definition) is 15. The Morgan fingerprint density at radius 3 is 2.19 bits per heavy atom. The average molecular weight is 870 g/mol. The minimum atomic E-state index is -2.23. The van der Waals surface area contributed by atoms with Gasteiger partial charge in [0.25, 0.3) is 0 Å². The SMILES string of the molecule is C=CC1OC2CC3OC[C@@]3(OC(C)=O)C3C(OC(=O)c4ccccc4)C4(O)C[C@H](OC(=O)C(O)[C@H](CC(C)C)NC(=O)OC(C)(C)C)C(C)=C([C@H](OC(C)=O)[C@H](O1)C23C)C4(C)C. The van der Waals surface area contributed by atoms with Gasteiger partial charge >= 0.3 is 30.0 Å². The van der Waals surface area contributed by atoms with Crippen molar-refractivity contribution in [1.29, 1.82) is 0 Å². The molecule has 3 aliphatic carbocycles. The van der Waals surface area contributed by atoms with Crippen molar-refractivity contribution < 1.29 is 72.1 Å². The fraction of sp³-hybridized carbons (Fsp3) is 0.674. The highest BCUT2D eigenvalue weighted by molar-refractivity contribution is 5.89. The van der Waals surface area contributed by atoms with Gasteiger partial charge in [-0.05, 0) is 69.4 Å². The maximum atomic E-state index is 14.4. The van der Waals surface area contributed by atoms with Gasteiger partial charge in [-0.3, -0.25) is 9.59 Å². The van der Waals surface area contributed by atoms with Crippen molar-refractivity contribution in [3.05, 3.63) is 59.7 Å². The highest BCUT2D eigenvalue weighted by Gasteiger charge is 2.79. The quantitative estimate of drug-likeness (QED) is 0.154. The number of amides is 1. The minimum absolute atomic E-state index is 0.0926. The molecule has 13 atom stereocenters. The highest BCUT2D eigenvalue weighted by atomic mass is 16.7. The number of aliphatic hydroxyl groups is 2. The zero-order valence-electron chi connectivity index (χ0n) is 37.6. The lowest BCUT2D eigenvalue weighted by Gasteiger charge is -2.71. The fourth-order valence-corrected chi connectivity index (χ4v) is 10.7. The highest BCUT2D eigenvalue weighted by Crippen LogP contribution is 2.67. The van der Waals surface area contributed by atoms with Gasteiger partial charge < -0.3 is 53.4 Å². The second-order valence-corrected chi connectivity index (χ2v) is 19.5. The van der Waals surface area contributed by atoms with E-state index < -0.39 is 125 Å². The lowest BCUT2D eigenvalue weighted by atomic mass is 9.44. The maximum absolute atomic E-state index is 14.4. The lowest BCUT2D eigenvalue weighted by Crippen LogP contribution is -2.83. The van der Waals surface area contributed by atoms with E-state index in [0.29, 0.717) is 11.1 Å². The van der Waals surface area contributed by atoms with Crippen molar-refractivity contribution in [2.75, 3.05) is 6.61 Å². The average Bonchev–Trinajstić information content (AvgIpc) is 3.15. The van der Waals surface area contributed by atoms with Crippen molar-refractivity contribution in [3.63, 3.8) is 0 Å². The van der Waals surface area contributed by atoms with Crippen LogP contribution in [0.2, 0.25) is 0 Å². The molecule has 16 nitrogen and oxygen atoms in total. The Bertz CT molecular complexity index is 1960. The summed E-state index contributed by atoms with van der Waals surface area (Å²) >= 11 is 0. The van der Waals surface area contributed by atoms with Crippen molar-refractivity contribution in [1.82, 2.24) is 5.32 Å². The van der Waals surface area contributed by atoms with E-state index in [4.69, 9.17) is 37.9 Å². The predicted molar refractivity (Wildman–Crippen MR) is 220 cm³/mol. The zero-order chi connectivity index (χ0) is 45.9. The van der Waals surface area contributed by atoms with Crippen LogP contribution in [0, 0.1) is 22.7 Å². The molecule has 6 rings (SSSR count). The molecule has 2 aliphatic heterocycles. The number of aliphatic hydroxyl groups excluding tert-OH is 1. The number of nitrogens with one attached hydrogen (secondary N) is 1. The van der Waals surface area contributed by atoms with Crippen LogP contribution < -0.4 is 5.32 Å². The largest absolute Gasteiger partial charge is 0.456 e. The minimum Gasteiger partial charge on any atom is -0.456 e. The van der Waals surface area contributed by atoms with E-state index in [1.165, 1.54) is 19.9 Å². The molecule has 2 saturated heterocycles. The van der Waals surface area contributed by atoms with E-state index in [9.17, 15) is 34.2 Å². The molecular weight excluding hydrogens is 806 g/mol. The molecular formula is C46H63NO15. The molecule has 1 aromatic carbocycles. The Labute approximate surface area is 362 Å². The first-order valence-electron chi connectivity index (χ1n) is 21.3. The summed E-state index contributed by atoms with van der Waals surface area (Å²) in [5, 5.41) is 28.1. The Morgan fingerprint density at radius 1 is 0.984 bits per heavy atom. The van der Waals surface area contributed by atoms with Crippen LogP contribution in [-0.4, -0.2) is 119 Å². The Hall–Kier alpha value is -4.35. The molecule has 2 saturated carbocycles. The summed E-state index contributed by atoms with van der Waals surface area (Å²) in [7, 11) is 0. The Kier molecular flexibility index (Phi) is 12.9. The van der Waals surface area contributed by atoms with Crippen molar-refractivity contribution >= 4 is 30.0 Å². The van der Waals surface area contributed by atoms with Gasteiger partial charge in [-0.25, -0.2) is 14.4 Å². The topological polar surface area (TPSA) is 212 Å². The van der Waals surface area contributed by atoms with Gasteiger partial charge in [0.15, 0.2) is 24.1 Å². The van der Waals surface area contributed by atoms with Crippen molar-refractivity contribution in [3.8, 4) is 0 Å². The molecule has 1 amide bonds. The number of carbonyl (C=O) groups excluding carboxylic acids is 5. The number of alkyl carbamates (subject to hydrolysis) is 1. The number of fused-ring (bicyclic) bond motifs is 4. The predicted octanol–water partition coefficient (Wildman–Crippen LogP) is 4.87. The Balaban J connectivity index is 1.57. The van der Waals surface area contributed by atoms with Crippen molar-refractivity contribution in [2.45, 2.75) is 167 Å². The van der Waals surface area contributed by atoms with E-state index in [-0.39, 0.29) is 30.9 Å². The van der Waals surface area contributed by atoms with Gasteiger partial charge in [0, 0.05) is 37.5 Å². The van der Waals surface area contributed by atoms with Crippen LogP contribution in [0.15, 0.2) is 54.1 Å². The van der Waals surface area contributed by atoms with Crippen LogP contribution in [0.25, 0.3) is 0 Å². The van der Waals surface area contributed by atoms with Crippen LogP contribution in [-0.2, 0) is 52.3 Å². The van der Waals surface area contributed by atoms with Crippen LogP contribution in [0.5, 0.6) is 0 Å². The molecule has 1 aromatic rings. The summed E-state index contributed by atoms with van der Waals surface area (Å²) in [6, 6.07) is 7.04. The monoisotopic (exact) mass is 869 g/mol. The van der Waals surface area contributed by atoms with Gasteiger partial charge in [-0.2, -0.15) is 0 Å². The van der Waals surface area contributed by atoms with Crippen LogP contribution in [0.4, 0.5) is 4.79 Å². The molecule has 2 bridgehead atoms. The number of carbonyl (C=O) groups is 5. The van der Waals surface area contributed by atoms with E-state index in [2.05, 4.69) is 11.9 Å². The molecule has 4 fully saturated rings. The first kappa shape index (κ1) is 47.1.